The molecule has 0 spiro atoms. The first-order valence-corrected chi connectivity index (χ1v) is 6.04. The Kier molecular flexibility index (Phi) is 3.47. The van der Waals surface area contributed by atoms with Gasteiger partial charge in [0.15, 0.2) is 11.5 Å². The maximum atomic E-state index is 5.86. The van der Waals surface area contributed by atoms with Crippen molar-refractivity contribution in [1.29, 1.82) is 0 Å². The molecular weight excluding hydrogens is 238 g/mol. The number of imidazole rings is 1. The first kappa shape index (κ1) is 12.1. The third-order valence-electron chi connectivity index (χ3n) is 2.56. The van der Waals surface area contributed by atoms with E-state index in [1.807, 2.05) is 11.6 Å². The van der Waals surface area contributed by atoms with Gasteiger partial charge in [-0.3, -0.25) is 0 Å². The Morgan fingerprint density at radius 3 is 2.88 bits per heavy atom. The number of rotatable bonds is 4. The summed E-state index contributed by atoms with van der Waals surface area (Å²) >= 11 is 5.86. The number of aromatic nitrogens is 4. The van der Waals surface area contributed by atoms with Crippen molar-refractivity contribution >= 4 is 28.6 Å². The molecule has 0 aromatic carbocycles. The molecule has 2 heterocycles. The Hall–Kier alpha value is -1.36. The highest BCUT2D eigenvalue weighted by Gasteiger charge is 2.10. The summed E-state index contributed by atoms with van der Waals surface area (Å²) < 4.78 is 1.89. The van der Waals surface area contributed by atoms with Crippen LogP contribution in [0.25, 0.3) is 11.2 Å². The van der Waals surface area contributed by atoms with Crippen LogP contribution >= 0.6 is 11.6 Å². The summed E-state index contributed by atoms with van der Waals surface area (Å²) in [7, 11) is 1.92. The van der Waals surface area contributed by atoms with Crippen LogP contribution in [0.5, 0.6) is 0 Å². The summed E-state index contributed by atoms with van der Waals surface area (Å²) in [4.78, 5) is 12.5. The lowest BCUT2D eigenvalue weighted by atomic mass is 10.1. The number of halogens is 1. The fourth-order valence-corrected chi connectivity index (χ4v) is 1.80. The Balaban J connectivity index is 2.28. The van der Waals surface area contributed by atoms with Crippen molar-refractivity contribution in [2.45, 2.75) is 20.3 Å². The van der Waals surface area contributed by atoms with E-state index in [4.69, 9.17) is 11.6 Å². The van der Waals surface area contributed by atoms with E-state index in [1.165, 1.54) is 0 Å². The van der Waals surface area contributed by atoms with Crippen LogP contribution in [0.1, 0.15) is 20.3 Å². The standard InChI is InChI=1S/C11H16ClN5/c1-7(2)4-5-13-9-8-10(14-6-17(8)3)16-11(12)15-9/h6-7H,4-5H2,1-3H3,(H,13,15,16). The zero-order valence-electron chi connectivity index (χ0n) is 10.2. The van der Waals surface area contributed by atoms with Gasteiger partial charge in [-0.05, 0) is 23.9 Å². The maximum Gasteiger partial charge on any atom is 0.226 e. The van der Waals surface area contributed by atoms with Gasteiger partial charge in [-0.2, -0.15) is 9.97 Å². The summed E-state index contributed by atoms with van der Waals surface area (Å²) in [5.74, 6) is 1.41. The third kappa shape index (κ3) is 2.66. The Labute approximate surface area is 105 Å². The van der Waals surface area contributed by atoms with Crippen molar-refractivity contribution in [1.82, 2.24) is 19.5 Å². The molecule has 2 aromatic rings. The van der Waals surface area contributed by atoms with Crippen LogP contribution < -0.4 is 5.32 Å². The molecule has 0 aliphatic rings. The van der Waals surface area contributed by atoms with Gasteiger partial charge in [0.2, 0.25) is 5.28 Å². The molecule has 1 N–H and O–H groups in total. The van der Waals surface area contributed by atoms with Gasteiger partial charge in [0.25, 0.3) is 0 Å². The number of hydrogen-bond acceptors (Lipinski definition) is 4. The zero-order valence-corrected chi connectivity index (χ0v) is 11.0. The van der Waals surface area contributed by atoms with Crippen molar-refractivity contribution in [3.63, 3.8) is 0 Å². The zero-order chi connectivity index (χ0) is 12.4. The minimum Gasteiger partial charge on any atom is -0.368 e. The van der Waals surface area contributed by atoms with E-state index < -0.39 is 0 Å². The van der Waals surface area contributed by atoms with Crippen molar-refractivity contribution in [2.24, 2.45) is 13.0 Å². The van der Waals surface area contributed by atoms with Crippen molar-refractivity contribution in [2.75, 3.05) is 11.9 Å². The van der Waals surface area contributed by atoms with Crippen LogP contribution in [-0.4, -0.2) is 26.1 Å². The molecule has 5 nitrogen and oxygen atoms in total. The van der Waals surface area contributed by atoms with Crippen molar-refractivity contribution < 1.29 is 0 Å². The highest BCUT2D eigenvalue weighted by molar-refractivity contribution is 6.28. The molecule has 17 heavy (non-hydrogen) atoms. The summed E-state index contributed by atoms with van der Waals surface area (Å²) in [6, 6.07) is 0. The lowest BCUT2D eigenvalue weighted by Gasteiger charge is -2.09. The monoisotopic (exact) mass is 253 g/mol. The molecule has 92 valence electrons. The van der Waals surface area contributed by atoms with Gasteiger partial charge in [-0.25, -0.2) is 4.98 Å². The number of anilines is 1. The van der Waals surface area contributed by atoms with Gasteiger partial charge < -0.3 is 9.88 Å². The lowest BCUT2D eigenvalue weighted by Crippen LogP contribution is -2.08. The van der Waals surface area contributed by atoms with Gasteiger partial charge in [0, 0.05) is 13.6 Å². The highest BCUT2D eigenvalue weighted by atomic mass is 35.5. The predicted molar refractivity (Wildman–Crippen MR) is 69.3 cm³/mol. The summed E-state index contributed by atoms with van der Waals surface area (Å²) in [6.45, 7) is 5.24. The Morgan fingerprint density at radius 2 is 2.18 bits per heavy atom. The number of hydrogen-bond donors (Lipinski definition) is 1. The van der Waals surface area contributed by atoms with E-state index in [0.29, 0.717) is 11.6 Å². The highest BCUT2D eigenvalue weighted by Crippen LogP contribution is 2.20. The van der Waals surface area contributed by atoms with E-state index in [0.717, 1.165) is 24.3 Å². The molecule has 6 heteroatoms. The van der Waals surface area contributed by atoms with Gasteiger partial charge in [0.05, 0.1) is 6.33 Å². The summed E-state index contributed by atoms with van der Waals surface area (Å²) in [6.07, 6.45) is 2.80. The van der Waals surface area contributed by atoms with E-state index in [1.54, 1.807) is 6.33 Å². The number of nitrogens with one attached hydrogen (secondary N) is 1. The van der Waals surface area contributed by atoms with E-state index >= 15 is 0 Å². The molecule has 0 amide bonds. The normalized spacial score (nSPS) is 11.4. The van der Waals surface area contributed by atoms with Crippen molar-refractivity contribution in [3.8, 4) is 0 Å². The molecule has 0 saturated carbocycles. The van der Waals surface area contributed by atoms with Crippen molar-refractivity contribution in [3.05, 3.63) is 11.6 Å². The predicted octanol–water partition coefficient (Wildman–Crippen LogP) is 2.47. The molecule has 0 unspecified atom stereocenters. The fourth-order valence-electron chi connectivity index (χ4n) is 1.63. The van der Waals surface area contributed by atoms with Crippen LogP contribution in [0.15, 0.2) is 6.33 Å². The molecule has 0 fully saturated rings. The minimum atomic E-state index is 0.225. The Morgan fingerprint density at radius 1 is 1.41 bits per heavy atom. The molecule has 0 radical (unpaired) electrons. The van der Waals surface area contributed by atoms with Gasteiger partial charge in [0.1, 0.15) is 5.52 Å². The third-order valence-corrected chi connectivity index (χ3v) is 2.73. The van der Waals surface area contributed by atoms with E-state index in [-0.39, 0.29) is 5.28 Å². The summed E-state index contributed by atoms with van der Waals surface area (Å²) in [5.41, 5.74) is 1.51. The second kappa shape index (κ2) is 4.87. The smallest absolute Gasteiger partial charge is 0.226 e. The minimum absolute atomic E-state index is 0.225. The van der Waals surface area contributed by atoms with Gasteiger partial charge in [-0.15, -0.1) is 0 Å². The lowest BCUT2D eigenvalue weighted by molar-refractivity contribution is 0.606. The second-order valence-electron chi connectivity index (χ2n) is 4.48. The van der Waals surface area contributed by atoms with Crippen LogP contribution in [0, 0.1) is 5.92 Å². The average Bonchev–Trinajstić information content (AvgIpc) is 2.59. The first-order valence-electron chi connectivity index (χ1n) is 5.66. The van der Waals surface area contributed by atoms with Crippen LogP contribution in [0.4, 0.5) is 5.82 Å². The molecule has 2 rings (SSSR count). The molecule has 0 aliphatic heterocycles. The second-order valence-corrected chi connectivity index (χ2v) is 4.82. The fraction of sp³-hybridized carbons (Fsp3) is 0.545. The van der Waals surface area contributed by atoms with Crippen LogP contribution in [0.3, 0.4) is 0 Å². The largest absolute Gasteiger partial charge is 0.368 e. The molecule has 0 saturated heterocycles. The van der Waals surface area contributed by atoms with Gasteiger partial charge >= 0.3 is 0 Å². The topological polar surface area (TPSA) is 55.6 Å². The SMILES string of the molecule is CC(C)CCNc1nc(Cl)nc2ncn(C)c12. The van der Waals surface area contributed by atoms with E-state index in [2.05, 4.69) is 34.1 Å². The molecular formula is C11H16ClN5. The van der Waals surface area contributed by atoms with E-state index in [9.17, 15) is 0 Å². The molecule has 0 aliphatic carbocycles. The molecule has 2 aromatic heterocycles. The average molecular weight is 254 g/mol. The maximum absolute atomic E-state index is 5.86. The number of fused-ring (bicyclic) bond motifs is 1. The summed E-state index contributed by atoms with van der Waals surface area (Å²) in [5, 5.41) is 3.52. The molecule has 0 atom stereocenters. The Bertz CT molecular complexity index is 520. The van der Waals surface area contributed by atoms with Crippen LogP contribution in [0.2, 0.25) is 5.28 Å². The molecule has 0 bridgehead atoms. The quantitative estimate of drug-likeness (QED) is 0.851. The number of nitrogens with zero attached hydrogens (tertiary/aromatic N) is 4. The van der Waals surface area contributed by atoms with Gasteiger partial charge in [-0.1, -0.05) is 13.8 Å². The number of aryl methyl sites for hydroxylation is 1. The van der Waals surface area contributed by atoms with Crippen LogP contribution in [-0.2, 0) is 7.05 Å². The first-order chi connectivity index (χ1) is 8.08.